The van der Waals surface area contributed by atoms with Gasteiger partial charge in [0.1, 0.15) is 11.9 Å². The van der Waals surface area contributed by atoms with E-state index in [4.69, 9.17) is 4.74 Å². The van der Waals surface area contributed by atoms with Gasteiger partial charge in [0.25, 0.3) is 0 Å². The summed E-state index contributed by atoms with van der Waals surface area (Å²) in [5.74, 6) is 0.748. The highest BCUT2D eigenvalue weighted by molar-refractivity contribution is 6.02. The first-order valence-electron chi connectivity index (χ1n) is 6.83. The Hall–Kier alpha value is -2.04. The zero-order valence-electron chi connectivity index (χ0n) is 12.0. The number of urea groups is 1. The molecular weight excluding hydrogens is 256 g/mol. The van der Waals surface area contributed by atoms with E-state index in [0.717, 1.165) is 12.0 Å². The summed E-state index contributed by atoms with van der Waals surface area (Å²) in [4.78, 5) is 23.2. The third-order valence-corrected chi connectivity index (χ3v) is 3.62. The Kier molecular flexibility index (Phi) is 4.27. The van der Waals surface area contributed by atoms with Crippen LogP contribution in [-0.2, 0) is 6.42 Å². The number of fused-ring (bicyclic) bond motifs is 1. The summed E-state index contributed by atoms with van der Waals surface area (Å²) in [6.45, 7) is 3.74. The van der Waals surface area contributed by atoms with Crippen molar-refractivity contribution in [2.24, 2.45) is 0 Å². The van der Waals surface area contributed by atoms with E-state index in [1.54, 1.807) is 7.05 Å². The first-order valence-corrected chi connectivity index (χ1v) is 6.83. The van der Waals surface area contributed by atoms with Gasteiger partial charge in [0.2, 0.25) is 0 Å². The van der Waals surface area contributed by atoms with Crippen LogP contribution in [-0.4, -0.2) is 31.0 Å². The van der Waals surface area contributed by atoms with Crippen LogP contribution in [0.1, 0.15) is 36.2 Å². The van der Waals surface area contributed by atoms with Crippen LogP contribution >= 0.6 is 0 Å². The van der Waals surface area contributed by atoms with E-state index >= 15 is 0 Å². The SMILES string of the molecule is CNC(=O)NC(C)C(C)Oc1cccc2c1C(=O)CC2. The Labute approximate surface area is 118 Å². The predicted molar refractivity (Wildman–Crippen MR) is 76.2 cm³/mol. The molecule has 0 aromatic heterocycles. The maximum absolute atomic E-state index is 11.9. The maximum atomic E-state index is 11.9. The third-order valence-electron chi connectivity index (χ3n) is 3.62. The molecular formula is C15H20N2O3. The first-order chi connectivity index (χ1) is 9.52. The molecule has 2 unspecified atom stereocenters. The van der Waals surface area contributed by atoms with Gasteiger partial charge in [-0.15, -0.1) is 0 Å². The minimum atomic E-state index is -0.248. The number of benzene rings is 1. The lowest BCUT2D eigenvalue weighted by atomic mass is 10.1. The standard InChI is InChI=1S/C15H20N2O3/c1-9(17-15(19)16-3)10(2)20-13-6-4-5-11-7-8-12(18)14(11)13/h4-6,9-10H,7-8H2,1-3H3,(H2,16,17,19). The van der Waals surface area contributed by atoms with Gasteiger partial charge in [-0.1, -0.05) is 12.1 Å². The summed E-state index contributed by atoms with van der Waals surface area (Å²) in [5, 5.41) is 5.27. The lowest BCUT2D eigenvalue weighted by Gasteiger charge is -2.23. The Morgan fingerprint density at radius 1 is 1.30 bits per heavy atom. The van der Waals surface area contributed by atoms with E-state index in [-0.39, 0.29) is 24.0 Å². The number of carbonyl (C=O) groups excluding carboxylic acids is 2. The minimum Gasteiger partial charge on any atom is -0.488 e. The lowest BCUT2D eigenvalue weighted by molar-refractivity contribution is 0.0986. The van der Waals surface area contributed by atoms with Gasteiger partial charge in [0.05, 0.1) is 11.6 Å². The molecule has 0 heterocycles. The second-order valence-electron chi connectivity index (χ2n) is 5.05. The quantitative estimate of drug-likeness (QED) is 0.882. The molecule has 1 aromatic rings. The van der Waals surface area contributed by atoms with Crippen LogP contribution < -0.4 is 15.4 Å². The zero-order valence-corrected chi connectivity index (χ0v) is 12.0. The van der Waals surface area contributed by atoms with E-state index in [2.05, 4.69) is 10.6 Å². The average Bonchev–Trinajstić information content (AvgIpc) is 2.81. The molecule has 108 valence electrons. The number of aryl methyl sites for hydroxylation is 1. The molecule has 1 aliphatic rings. The van der Waals surface area contributed by atoms with E-state index in [0.29, 0.717) is 17.7 Å². The van der Waals surface area contributed by atoms with Crippen molar-refractivity contribution >= 4 is 11.8 Å². The molecule has 0 saturated carbocycles. The molecule has 20 heavy (non-hydrogen) atoms. The molecule has 0 radical (unpaired) electrons. The van der Waals surface area contributed by atoms with Gasteiger partial charge in [-0.3, -0.25) is 4.79 Å². The molecule has 0 saturated heterocycles. The molecule has 5 nitrogen and oxygen atoms in total. The second kappa shape index (κ2) is 5.94. The van der Waals surface area contributed by atoms with Crippen LogP contribution in [0.5, 0.6) is 5.75 Å². The number of ether oxygens (including phenoxy) is 1. The van der Waals surface area contributed by atoms with Gasteiger partial charge in [0.15, 0.2) is 5.78 Å². The summed E-state index contributed by atoms with van der Waals surface area (Å²) < 4.78 is 5.87. The summed E-state index contributed by atoms with van der Waals surface area (Å²) in [6, 6.07) is 5.26. The van der Waals surface area contributed by atoms with Gasteiger partial charge in [-0.2, -0.15) is 0 Å². The fourth-order valence-corrected chi connectivity index (χ4v) is 2.27. The summed E-state index contributed by atoms with van der Waals surface area (Å²) >= 11 is 0. The number of rotatable bonds is 4. The van der Waals surface area contributed by atoms with Crippen molar-refractivity contribution in [2.75, 3.05) is 7.05 Å². The fraction of sp³-hybridized carbons (Fsp3) is 0.467. The maximum Gasteiger partial charge on any atom is 0.314 e. The number of amides is 2. The van der Waals surface area contributed by atoms with Crippen molar-refractivity contribution < 1.29 is 14.3 Å². The molecule has 1 aromatic carbocycles. The number of hydrogen-bond acceptors (Lipinski definition) is 3. The second-order valence-corrected chi connectivity index (χ2v) is 5.05. The van der Waals surface area contributed by atoms with Crippen LogP contribution in [0.3, 0.4) is 0 Å². The highest BCUT2D eigenvalue weighted by Crippen LogP contribution is 2.31. The molecule has 5 heteroatoms. The number of carbonyl (C=O) groups is 2. The molecule has 1 aliphatic carbocycles. The molecule has 2 atom stereocenters. The summed E-state index contributed by atoms with van der Waals surface area (Å²) in [6.07, 6.45) is 1.11. The Balaban J connectivity index is 2.09. The number of ketones is 1. The number of nitrogens with one attached hydrogen (secondary N) is 2. The van der Waals surface area contributed by atoms with Crippen molar-refractivity contribution in [3.63, 3.8) is 0 Å². The van der Waals surface area contributed by atoms with Crippen molar-refractivity contribution in [3.8, 4) is 5.75 Å². The van der Waals surface area contributed by atoms with Gasteiger partial charge < -0.3 is 15.4 Å². The molecule has 0 bridgehead atoms. The summed E-state index contributed by atoms with van der Waals surface area (Å²) in [7, 11) is 1.57. The Morgan fingerprint density at radius 3 is 2.75 bits per heavy atom. The van der Waals surface area contributed by atoms with Crippen LogP contribution in [0.15, 0.2) is 18.2 Å². The van der Waals surface area contributed by atoms with Gasteiger partial charge in [-0.05, 0) is 31.9 Å². The minimum absolute atomic E-state index is 0.134. The van der Waals surface area contributed by atoms with Crippen molar-refractivity contribution in [1.82, 2.24) is 10.6 Å². The predicted octanol–water partition coefficient (Wildman–Crippen LogP) is 1.90. The Morgan fingerprint density at radius 2 is 2.05 bits per heavy atom. The van der Waals surface area contributed by atoms with E-state index in [9.17, 15) is 9.59 Å². The van der Waals surface area contributed by atoms with Crippen molar-refractivity contribution in [3.05, 3.63) is 29.3 Å². The molecule has 2 rings (SSSR count). The van der Waals surface area contributed by atoms with E-state index in [1.807, 2.05) is 32.0 Å². The zero-order chi connectivity index (χ0) is 14.7. The van der Waals surface area contributed by atoms with Crippen LogP contribution in [0.4, 0.5) is 4.79 Å². The van der Waals surface area contributed by atoms with Crippen LogP contribution in [0, 0.1) is 0 Å². The van der Waals surface area contributed by atoms with Crippen molar-refractivity contribution in [2.45, 2.75) is 38.8 Å². The van der Waals surface area contributed by atoms with E-state index < -0.39 is 0 Å². The largest absolute Gasteiger partial charge is 0.488 e. The van der Waals surface area contributed by atoms with Gasteiger partial charge >= 0.3 is 6.03 Å². The normalized spacial score (nSPS) is 16.2. The number of Topliss-reactive ketones (excluding diaryl/α,β-unsaturated/α-hetero) is 1. The van der Waals surface area contributed by atoms with Crippen LogP contribution in [0.25, 0.3) is 0 Å². The summed E-state index contributed by atoms with van der Waals surface area (Å²) in [5.41, 5.74) is 1.75. The highest BCUT2D eigenvalue weighted by Gasteiger charge is 2.25. The van der Waals surface area contributed by atoms with E-state index in [1.165, 1.54) is 0 Å². The monoisotopic (exact) mass is 276 g/mol. The Bertz CT molecular complexity index is 528. The third kappa shape index (κ3) is 2.92. The van der Waals surface area contributed by atoms with Crippen molar-refractivity contribution in [1.29, 1.82) is 0 Å². The molecule has 2 N–H and O–H groups in total. The van der Waals surface area contributed by atoms with Crippen LogP contribution in [0.2, 0.25) is 0 Å². The topological polar surface area (TPSA) is 67.4 Å². The molecule has 0 aliphatic heterocycles. The molecule has 2 amide bonds. The molecule has 0 fully saturated rings. The van der Waals surface area contributed by atoms with Gasteiger partial charge in [0, 0.05) is 13.5 Å². The smallest absolute Gasteiger partial charge is 0.314 e. The fourth-order valence-electron chi connectivity index (χ4n) is 2.27. The average molecular weight is 276 g/mol. The number of hydrogen-bond donors (Lipinski definition) is 2. The highest BCUT2D eigenvalue weighted by atomic mass is 16.5. The molecule has 0 spiro atoms. The lowest BCUT2D eigenvalue weighted by Crippen LogP contribution is -2.46. The first kappa shape index (κ1) is 14.4. The van der Waals surface area contributed by atoms with Gasteiger partial charge in [-0.25, -0.2) is 4.79 Å².